The summed E-state index contributed by atoms with van der Waals surface area (Å²) in [7, 11) is 0. The molecule has 1 fully saturated rings. The first-order chi connectivity index (χ1) is 8.85. The molecule has 2 unspecified atom stereocenters. The summed E-state index contributed by atoms with van der Waals surface area (Å²) in [5, 5.41) is 17.3. The van der Waals surface area contributed by atoms with Crippen LogP contribution in [-0.4, -0.2) is 39.6 Å². The van der Waals surface area contributed by atoms with Gasteiger partial charge in [0.15, 0.2) is 5.82 Å². The fraction of sp³-hybridized carbons (Fsp3) is 0.846. The van der Waals surface area contributed by atoms with Crippen LogP contribution in [0.4, 0.5) is 0 Å². The summed E-state index contributed by atoms with van der Waals surface area (Å²) in [6, 6.07) is 0. The van der Waals surface area contributed by atoms with Crippen molar-refractivity contribution in [3.63, 3.8) is 0 Å². The average Bonchev–Trinajstić information content (AvgIpc) is 2.80. The van der Waals surface area contributed by atoms with Gasteiger partial charge in [0.2, 0.25) is 0 Å². The van der Waals surface area contributed by atoms with Crippen LogP contribution in [0.1, 0.15) is 30.9 Å². The Morgan fingerprint density at radius 3 is 3.06 bits per heavy atom. The molecule has 18 heavy (non-hydrogen) atoms. The second-order valence-corrected chi connectivity index (χ2v) is 5.63. The Labute approximate surface area is 108 Å². The summed E-state index contributed by atoms with van der Waals surface area (Å²) in [4.78, 5) is 4.66. The fourth-order valence-electron chi connectivity index (χ4n) is 3.02. The lowest BCUT2D eigenvalue weighted by Crippen LogP contribution is -2.31. The molecule has 0 spiro atoms. The molecule has 2 N–H and O–H groups in total. The van der Waals surface area contributed by atoms with E-state index < -0.39 is 0 Å². The minimum atomic E-state index is 0.273. The quantitative estimate of drug-likeness (QED) is 0.814. The minimum absolute atomic E-state index is 0.273. The van der Waals surface area contributed by atoms with Gasteiger partial charge in [0.05, 0.1) is 0 Å². The van der Waals surface area contributed by atoms with Crippen LogP contribution in [0.2, 0.25) is 0 Å². The molecule has 5 heteroatoms. The van der Waals surface area contributed by atoms with Crippen LogP contribution in [0.5, 0.6) is 0 Å². The number of rotatable bonds is 3. The molecule has 1 aromatic heterocycles. The smallest absolute Gasteiger partial charge is 0.151 e. The molecule has 0 amide bonds. The molecule has 0 saturated carbocycles. The van der Waals surface area contributed by atoms with E-state index in [0.717, 1.165) is 50.5 Å². The molecule has 3 rings (SSSR count). The van der Waals surface area contributed by atoms with E-state index in [1.54, 1.807) is 0 Å². The van der Waals surface area contributed by atoms with Gasteiger partial charge in [-0.15, -0.1) is 0 Å². The van der Waals surface area contributed by atoms with Gasteiger partial charge in [0.25, 0.3) is 0 Å². The molecule has 2 aliphatic heterocycles. The average molecular weight is 250 g/mol. The van der Waals surface area contributed by atoms with E-state index in [0.29, 0.717) is 11.8 Å². The first-order valence-electron chi connectivity index (χ1n) is 7.09. The number of nitrogens with one attached hydrogen (secondary N) is 1. The van der Waals surface area contributed by atoms with Crippen LogP contribution in [0.15, 0.2) is 0 Å². The zero-order valence-corrected chi connectivity index (χ0v) is 10.8. The first kappa shape index (κ1) is 12.1. The Morgan fingerprint density at radius 2 is 2.28 bits per heavy atom. The lowest BCUT2D eigenvalue weighted by atomic mass is 9.96. The maximum atomic E-state index is 9.22. The number of hydrogen-bond acceptors (Lipinski definition) is 4. The van der Waals surface area contributed by atoms with Gasteiger partial charge in [-0.05, 0) is 44.2 Å². The fourth-order valence-corrected chi connectivity index (χ4v) is 3.02. The molecule has 0 aliphatic carbocycles. The van der Waals surface area contributed by atoms with Gasteiger partial charge < -0.3 is 10.4 Å². The Kier molecular flexibility index (Phi) is 3.61. The highest BCUT2D eigenvalue weighted by atomic mass is 16.3. The maximum absolute atomic E-state index is 9.22. The van der Waals surface area contributed by atoms with Crippen LogP contribution >= 0.6 is 0 Å². The van der Waals surface area contributed by atoms with Gasteiger partial charge in [-0.2, -0.15) is 5.10 Å². The number of aliphatic hydroxyl groups excluding tert-OH is 1. The SMILES string of the molecule is OCC1CCn2nc(CC3CCCNC3)nc2C1. The third-order valence-electron chi connectivity index (χ3n) is 4.14. The van der Waals surface area contributed by atoms with Crippen molar-refractivity contribution in [1.29, 1.82) is 0 Å². The van der Waals surface area contributed by atoms with E-state index in [4.69, 9.17) is 0 Å². The second-order valence-electron chi connectivity index (χ2n) is 5.63. The summed E-state index contributed by atoms with van der Waals surface area (Å²) in [5.41, 5.74) is 0. The molecule has 0 aromatic carbocycles. The van der Waals surface area contributed by atoms with Gasteiger partial charge in [0.1, 0.15) is 5.82 Å². The van der Waals surface area contributed by atoms with Crippen molar-refractivity contribution in [1.82, 2.24) is 20.1 Å². The predicted molar refractivity (Wildman–Crippen MR) is 68.2 cm³/mol. The third-order valence-corrected chi connectivity index (χ3v) is 4.14. The minimum Gasteiger partial charge on any atom is -0.396 e. The molecule has 0 radical (unpaired) electrons. The normalized spacial score (nSPS) is 28.1. The molecule has 100 valence electrons. The maximum Gasteiger partial charge on any atom is 0.151 e. The van der Waals surface area contributed by atoms with Crippen molar-refractivity contribution in [3.8, 4) is 0 Å². The number of hydrogen-bond donors (Lipinski definition) is 2. The van der Waals surface area contributed by atoms with Gasteiger partial charge in [0, 0.05) is 26.0 Å². The van der Waals surface area contributed by atoms with Gasteiger partial charge >= 0.3 is 0 Å². The molecule has 3 heterocycles. The summed E-state index contributed by atoms with van der Waals surface area (Å²) >= 11 is 0. The largest absolute Gasteiger partial charge is 0.396 e. The van der Waals surface area contributed by atoms with Crippen molar-refractivity contribution < 1.29 is 5.11 Å². The van der Waals surface area contributed by atoms with E-state index in [9.17, 15) is 5.11 Å². The number of nitrogens with zero attached hydrogens (tertiary/aromatic N) is 3. The van der Waals surface area contributed by atoms with Crippen LogP contribution in [0, 0.1) is 11.8 Å². The Hall–Kier alpha value is -0.940. The van der Waals surface area contributed by atoms with Gasteiger partial charge in [-0.1, -0.05) is 0 Å². The molecule has 1 saturated heterocycles. The van der Waals surface area contributed by atoms with Gasteiger partial charge in [-0.3, -0.25) is 0 Å². The Bertz CT molecular complexity index is 398. The van der Waals surface area contributed by atoms with Crippen LogP contribution < -0.4 is 5.32 Å². The predicted octanol–water partition coefficient (Wildman–Crippen LogP) is 0.375. The number of fused-ring (bicyclic) bond motifs is 1. The third kappa shape index (κ3) is 2.57. The van der Waals surface area contributed by atoms with E-state index >= 15 is 0 Å². The number of aliphatic hydroxyl groups is 1. The second kappa shape index (κ2) is 5.36. The van der Waals surface area contributed by atoms with Crippen LogP contribution in [0.25, 0.3) is 0 Å². The lowest BCUT2D eigenvalue weighted by Gasteiger charge is -2.21. The van der Waals surface area contributed by atoms with Crippen molar-refractivity contribution in [2.75, 3.05) is 19.7 Å². The molecule has 0 bridgehead atoms. The van der Waals surface area contributed by atoms with Crippen LogP contribution in [-0.2, 0) is 19.4 Å². The number of aryl methyl sites for hydroxylation is 1. The van der Waals surface area contributed by atoms with Crippen LogP contribution in [0.3, 0.4) is 0 Å². The van der Waals surface area contributed by atoms with Gasteiger partial charge in [-0.25, -0.2) is 9.67 Å². The van der Waals surface area contributed by atoms with E-state index in [1.165, 1.54) is 12.8 Å². The lowest BCUT2D eigenvalue weighted by molar-refractivity contribution is 0.196. The molecular weight excluding hydrogens is 228 g/mol. The van der Waals surface area contributed by atoms with E-state index in [-0.39, 0.29) is 6.61 Å². The standard InChI is InChI=1S/C13H22N4O/c18-9-11-3-5-17-13(7-11)15-12(16-17)6-10-2-1-4-14-8-10/h10-11,14,18H,1-9H2. The van der Waals surface area contributed by atoms with Crippen molar-refractivity contribution in [2.24, 2.45) is 11.8 Å². The molecular formula is C13H22N4O. The zero-order chi connectivity index (χ0) is 12.4. The Morgan fingerprint density at radius 1 is 1.33 bits per heavy atom. The highest BCUT2D eigenvalue weighted by Gasteiger charge is 2.22. The first-order valence-corrected chi connectivity index (χ1v) is 7.09. The van der Waals surface area contributed by atoms with Crippen molar-refractivity contribution >= 4 is 0 Å². The summed E-state index contributed by atoms with van der Waals surface area (Å²) in [5.74, 6) is 3.14. The topological polar surface area (TPSA) is 63.0 Å². The highest BCUT2D eigenvalue weighted by molar-refractivity contribution is 4.99. The highest BCUT2D eigenvalue weighted by Crippen LogP contribution is 2.20. The van der Waals surface area contributed by atoms with Crippen molar-refractivity contribution in [3.05, 3.63) is 11.6 Å². The van der Waals surface area contributed by atoms with Crippen molar-refractivity contribution in [2.45, 2.75) is 38.6 Å². The van der Waals surface area contributed by atoms with E-state index in [1.807, 2.05) is 4.68 Å². The molecule has 1 aromatic rings. The zero-order valence-electron chi connectivity index (χ0n) is 10.8. The number of piperidine rings is 1. The summed E-state index contributed by atoms with van der Waals surface area (Å²) in [6.45, 7) is 3.44. The summed E-state index contributed by atoms with van der Waals surface area (Å²) in [6.07, 6.45) is 5.46. The number of aromatic nitrogens is 3. The van der Waals surface area contributed by atoms with E-state index in [2.05, 4.69) is 15.4 Å². The summed E-state index contributed by atoms with van der Waals surface area (Å²) < 4.78 is 2.04. The molecule has 2 aliphatic rings. The Balaban J connectivity index is 1.65. The molecule has 5 nitrogen and oxygen atoms in total. The monoisotopic (exact) mass is 250 g/mol. The molecule has 2 atom stereocenters.